The number of halogens is 4. The molecule has 0 spiro atoms. The number of rotatable bonds is 30. The summed E-state index contributed by atoms with van der Waals surface area (Å²) in [6, 6.07) is 78.0. The fourth-order valence-corrected chi connectivity index (χ4v) is 15.0. The molecule has 2 aliphatic rings. The molecular weight excluding hydrogens is 1720 g/mol. The van der Waals surface area contributed by atoms with E-state index < -0.39 is 24.2 Å². The molecule has 0 aliphatic heterocycles. The smallest absolute Gasteiger partial charge is 0.394 e. The quantitative estimate of drug-likeness (QED) is 0.0331. The Kier molecular flexibility index (Phi) is 40.5. The van der Waals surface area contributed by atoms with Gasteiger partial charge in [-0.25, -0.2) is 8.78 Å². The van der Waals surface area contributed by atoms with Crippen molar-refractivity contribution in [3.05, 3.63) is 343 Å². The van der Waals surface area contributed by atoms with Crippen molar-refractivity contribution in [3.63, 3.8) is 0 Å². The third kappa shape index (κ3) is 32.9. The van der Waals surface area contributed by atoms with Crippen LogP contribution in [0.4, 0.5) is 17.6 Å². The minimum atomic E-state index is -3.17. The fourth-order valence-electron chi connectivity index (χ4n) is 15.0. The first-order valence-electron chi connectivity index (χ1n) is 47.5. The lowest BCUT2D eigenvalue weighted by Crippen LogP contribution is -2.19. The fraction of sp³-hybridized carbons (Fsp3) is 0.333. The Bertz CT molecular complexity index is 5930. The van der Waals surface area contributed by atoms with Gasteiger partial charge in [-0.05, 0) is 259 Å². The van der Waals surface area contributed by atoms with E-state index in [2.05, 4.69) is 245 Å². The Morgan fingerprint density at radius 2 is 0.701 bits per heavy atom. The average Bonchev–Trinajstić information content (AvgIpc) is 0.909. The Hall–Kier alpha value is -13.5. The van der Waals surface area contributed by atoms with Crippen molar-refractivity contribution in [2.24, 2.45) is 5.92 Å². The SMILES string of the molecule is CC(C)c1ncccc1-c1ccc(OC(C)(F)F)cc1.CC(C)c1ncccc1-c1ccc(OC2CC2)cc1.CC(C)c1ncccc1-c1ccc(OCC2CC2)cc1.CC(F)Oc1ccc(-c2cccnc2C(C)C)cc1.CCOc1ccc(-c2cccnc2C(C)C)cc1.CNC(=O)c1cc(-c2cc(C)cnc2C(C)C)ccc1F.COCCOc1ccc(-c2cccnc2C(C)C)cc1. The molecule has 0 radical (unpaired) electrons. The number of methoxy groups -OCH3 is 1. The Morgan fingerprint density at radius 3 is 1.01 bits per heavy atom. The van der Waals surface area contributed by atoms with Crippen LogP contribution in [0.25, 0.3) is 77.9 Å². The van der Waals surface area contributed by atoms with E-state index in [9.17, 15) is 22.4 Å². The van der Waals surface area contributed by atoms with E-state index in [-0.39, 0.29) is 17.2 Å². The molecule has 2 saturated carbocycles. The summed E-state index contributed by atoms with van der Waals surface area (Å²) in [7, 11) is 3.16. The van der Waals surface area contributed by atoms with Crippen molar-refractivity contribution < 1.29 is 55.5 Å². The predicted octanol–water partition coefficient (Wildman–Crippen LogP) is 30.4. The highest BCUT2D eigenvalue weighted by Gasteiger charge is 2.26. The van der Waals surface area contributed by atoms with Gasteiger partial charge in [-0.15, -0.1) is 0 Å². The second kappa shape index (κ2) is 52.6. The molecule has 1 amide bonds. The number of carbonyl (C=O) groups is 1. The van der Waals surface area contributed by atoms with Gasteiger partial charge in [0, 0.05) is 110 Å². The molecule has 16 nitrogen and oxygen atoms in total. The van der Waals surface area contributed by atoms with Gasteiger partial charge in [0.15, 0.2) is 0 Å². The number of hydrogen-bond donors (Lipinski definition) is 1. The van der Waals surface area contributed by atoms with Gasteiger partial charge in [-0.1, -0.05) is 212 Å². The molecule has 1 atom stereocenters. The van der Waals surface area contributed by atoms with E-state index in [4.69, 9.17) is 28.4 Å². The molecule has 0 bridgehead atoms. The number of benzene rings is 7. The van der Waals surface area contributed by atoms with E-state index in [1.807, 2.05) is 130 Å². The van der Waals surface area contributed by atoms with Crippen LogP contribution in [-0.4, -0.2) is 100.0 Å². The third-order valence-electron chi connectivity index (χ3n) is 22.1. The summed E-state index contributed by atoms with van der Waals surface area (Å²) in [5.41, 5.74) is 24.1. The Labute approximate surface area is 809 Å². The second-order valence-electron chi connectivity index (χ2n) is 36.0. The highest BCUT2D eigenvalue weighted by molar-refractivity contribution is 5.95. The van der Waals surface area contributed by atoms with Crippen molar-refractivity contribution in [1.29, 1.82) is 0 Å². The van der Waals surface area contributed by atoms with Gasteiger partial charge in [0.1, 0.15) is 46.9 Å². The van der Waals surface area contributed by atoms with Gasteiger partial charge in [0.05, 0.1) is 71.3 Å². The summed E-state index contributed by atoms with van der Waals surface area (Å²) in [4.78, 5) is 43.0. The van der Waals surface area contributed by atoms with Crippen molar-refractivity contribution in [3.8, 4) is 112 Å². The number of aryl methyl sites for hydroxylation is 1. The molecule has 7 aromatic heterocycles. The number of nitrogens with one attached hydrogen (secondary N) is 1. The Balaban J connectivity index is 0.000000165. The van der Waals surface area contributed by atoms with Crippen molar-refractivity contribution in [1.82, 2.24) is 40.2 Å². The zero-order valence-corrected chi connectivity index (χ0v) is 83.0. The first-order valence-corrected chi connectivity index (χ1v) is 47.5. The van der Waals surface area contributed by atoms with E-state index in [1.54, 1.807) is 68.0 Å². The minimum Gasteiger partial charge on any atom is -0.494 e. The molecule has 1 unspecified atom stereocenters. The number of alkyl halides is 3. The predicted molar refractivity (Wildman–Crippen MR) is 547 cm³/mol. The largest absolute Gasteiger partial charge is 0.494 e. The first kappa shape index (κ1) is 106. The lowest BCUT2D eigenvalue weighted by atomic mass is 9.95. The molecule has 14 aromatic rings. The Morgan fingerprint density at radius 1 is 0.387 bits per heavy atom. The maximum absolute atomic E-state index is 13.8. The zero-order chi connectivity index (χ0) is 98.7. The van der Waals surface area contributed by atoms with Gasteiger partial charge in [0.2, 0.25) is 6.36 Å². The van der Waals surface area contributed by atoms with Crippen LogP contribution in [0.5, 0.6) is 34.5 Å². The standard InChI is InChI=1S/C18H21NO.C17H19FN2O.C17H21NO2.C17H19NO.C16H17F2NO.C16H18FNO.C16H19NO/c1-13(2)18-17(4-3-11-19-18)15-7-9-16(10-8-15)20-12-14-5-6-14;1-10(2)16-13(7-11(3)9-20-16)12-5-6-15(18)14(8-12)17(21)19-4;1-13(2)17-16(5-4-10-18-17)14-6-8-15(9-7-14)20-12-11-19-3;1-12(2)17-16(4-3-11-18-17)13-5-7-14(8-6-13)19-15-9-10-15;1-11(2)15-14(5-4-10-19-15)12-6-8-13(9-7-12)20-16(3,17)18;1-11(2)16-15(5-4-10-18-16)13-6-8-14(9-7-13)19-12(3)17;1-4-18-14-9-7-13(8-10-14)15-6-5-11-17-16(15)12(2)3/h3-4,7-11,13-14H,5-6,12H2,1-2H3;5-10H,1-4H3,(H,19,21);4-10,13H,11-12H2,1-3H3;3-8,11-12,15H,9-10H2,1-2H3;4-11H,1-3H3;4-12H,1-3H3;5-12H,4H2,1-3H3. The van der Waals surface area contributed by atoms with Crippen LogP contribution >= 0.6 is 0 Å². The van der Waals surface area contributed by atoms with Gasteiger partial charge in [-0.2, -0.15) is 8.78 Å². The van der Waals surface area contributed by atoms with Crippen LogP contribution in [-0.2, 0) is 4.74 Å². The first-order chi connectivity index (χ1) is 65.8. The number of pyridine rings is 7. The molecule has 16 rings (SSSR count). The van der Waals surface area contributed by atoms with Crippen LogP contribution in [0.3, 0.4) is 0 Å². The number of hydrogen-bond acceptors (Lipinski definition) is 15. The number of carbonyl (C=O) groups excluding carboxylic acids is 1. The number of ether oxygens (including phenoxy) is 7. The summed E-state index contributed by atoms with van der Waals surface area (Å²) in [5, 5.41) is 2.45. The molecule has 2 fully saturated rings. The van der Waals surface area contributed by atoms with Crippen LogP contribution in [0.1, 0.15) is 241 Å². The van der Waals surface area contributed by atoms with E-state index >= 15 is 0 Å². The highest BCUT2D eigenvalue weighted by atomic mass is 19.3. The van der Waals surface area contributed by atoms with Crippen LogP contribution in [0, 0.1) is 18.7 Å². The molecule has 2 aliphatic carbocycles. The van der Waals surface area contributed by atoms with E-state index in [1.165, 1.54) is 90.2 Å². The number of amides is 1. The summed E-state index contributed by atoms with van der Waals surface area (Å²) in [6.07, 6.45) is 13.9. The van der Waals surface area contributed by atoms with Gasteiger partial charge < -0.3 is 38.5 Å². The van der Waals surface area contributed by atoms with Gasteiger partial charge in [0.25, 0.3) is 5.91 Å². The topological polar surface area (TPSA) is 184 Å². The number of nitrogens with zero attached hydrogens (tertiary/aromatic N) is 7. The van der Waals surface area contributed by atoms with Crippen molar-refractivity contribution in [2.45, 2.75) is 210 Å². The minimum absolute atomic E-state index is 0.0474. The van der Waals surface area contributed by atoms with Gasteiger partial charge >= 0.3 is 6.11 Å². The molecule has 20 heteroatoms. The lowest BCUT2D eigenvalue weighted by Gasteiger charge is -2.14. The second-order valence-corrected chi connectivity index (χ2v) is 36.0. The maximum Gasteiger partial charge on any atom is 0.394 e. The molecule has 137 heavy (non-hydrogen) atoms. The molecule has 7 aromatic carbocycles. The van der Waals surface area contributed by atoms with E-state index in [0.717, 1.165) is 121 Å². The van der Waals surface area contributed by atoms with Gasteiger partial charge in [-0.3, -0.25) is 39.7 Å². The summed E-state index contributed by atoms with van der Waals surface area (Å²) >= 11 is 0. The maximum atomic E-state index is 13.8. The summed E-state index contributed by atoms with van der Waals surface area (Å²) in [6.45, 7) is 38.6. The van der Waals surface area contributed by atoms with Crippen LogP contribution < -0.4 is 33.7 Å². The molecule has 718 valence electrons. The normalized spacial score (nSPS) is 12.2. The zero-order valence-electron chi connectivity index (χ0n) is 83.0. The molecule has 1 N–H and O–H groups in total. The lowest BCUT2D eigenvalue weighted by molar-refractivity contribution is -0.158. The summed E-state index contributed by atoms with van der Waals surface area (Å²) < 4.78 is 89.2. The average molecular weight is 1860 g/mol. The monoisotopic (exact) mass is 1860 g/mol. The summed E-state index contributed by atoms with van der Waals surface area (Å²) in [5.74, 6) is 6.83. The number of aromatic nitrogens is 7. The van der Waals surface area contributed by atoms with E-state index in [0.29, 0.717) is 67.2 Å². The molecule has 7 heterocycles. The van der Waals surface area contributed by atoms with Crippen LogP contribution in [0.15, 0.2) is 286 Å². The molecule has 0 saturated heterocycles. The third-order valence-corrected chi connectivity index (χ3v) is 22.1. The van der Waals surface area contributed by atoms with Crippen molar-refractivity contribution in [2.75, 3.05) is 40.6 Å². The van der Waals surface area contributed by atoms with Crippen LogP contribution in [0.2, 0.25) is 0 Å². The highest BCUT2D eigenvalue weighted by Crippen LogP contribution is 2.39. The molecular formula is C117H134F4N8O8. The van der Waals surface area contributed by atoms with Crippen molar-refractivity contribution >= 4 is 5.91 Å².